The van der Waals surface area contributed by atoms with E-state index in [4.69, 9.17) is 4.74 Å². The van der Waals surface area contributed by atoms with Crippen molar-refractivity contribution < 1.29 is 14.6 Å². The predicted molar refractivity (Wildman–Crippen MR) is 104 cm³/mol. The fourth-order valence-corrected chi connectivity index (χ4v) is 3.30. The molecule has 1 atom stereocenters. The van der Waals surface area contributed by atoms with Crippen molar-refractivity contribution in [2.24, 2.45) is 5.92 Å². The molecule has 3 aromatic rings. The van der Waals surface area contributed by atoms with Crippen molar-refractivity contribution in [3.8, 4) is 17.1 Å². The molecule has 3 rings (SSSR count). The highest BCUT2D eigenvalue weighted by Gasteiger charge is 2.24. The van der Waals surface area contributed by atoms with E-state index in [1.165, 1.54) is 5.39 Å². The Kier molecular flexibility index (Phi) is 5.21. The summed E-state index contributed by atoms with van der Waals surface area (Å²) in [5.41, 5.74) is 2.66. The van der Waals surface area contributed by atoms with Crippen LogP contribution in [0.3, 0.4) is 0 Å². The monoisotopic (exact) mass is 349 g/mol. The third-order valence-electron chi connectivity index (χ3n) is 4.73. The van der Waals surface area contributed by atoms with Crippen molar-refractivity contribution >= 4 is 16.7 Å². The van der Waals surface area contributed by atoms with E-state index in [9.17, 15) is 9.90 Å². The van der Waals surface area contributed by atoms with Crippen LogP contribution in [-0.4, -0.2) is 23.2 Å². The molecule has 0 aliphatic heterocycles. The molecule has 1 unspecified atom stereocenters. The van der Waals surface area contributed by atoms with Crippen LogP contribution in [0.1, 0.15) is 31.7 Å². The second kappa shape index (κ2) is 7.56. The SMILES string of the molecule is COc1nc(-c2ccc3ccccc3c2)ccc1C(CC(=O)O)C(C)C. The molecule has 0 saturated heterocycles. The van der Waals surface area contributed by atoms with Crippen LogP contribution in [-0.2, 0) is 4.79 Å². The van der Waals surface area contributed by atoms with E-state index in [1.54, 1.807) is 7.11 Å². The van der Waals surface area contributed by atoms with Gasteiger partial charge in [0.05, 0.1) is 19.2 Å². The van der Waals surface area contributed by atoms with Crippen molar-refractivity contribution in [1.82, 2.24) is 4.98 Å². The molecule has 4 heteroatoms. The van der Waals surface area contributed by atoms with Gasteiger partial charge in [-0.05, 0) is 28.8 Å². The largest absolute Gasteiger partial charge is 0.481 e. The summed E-state index contributed by atoms with van der Waals surface area (Å²) in [6, 6.07) is 18.3. The summed E-state index contributed by atoms with van der Waals surface area (Å²) in [5, 5.41) is 11.6. The van der Waals surface area contributed by atoms with Crippen molar-refractivity contribution in [2.75, 3.05) is 7.11 Å². The van der Waals surface area contributed by atoms with Crippen molar-refractivity contribution in [1.29, 1.82) is 0 Å². The molecule has 0 fully saturated rings. The fourth-order valence-electron chi connectivity index (χ4n) is 3.30. The van der Waals surface area contributed by atoms with Gasteiger partial charge in [0.2, 0.25) is 5.88 Å². The lowest BCUT2D eigenvalue weighted by molar-refractivity contribution is -0.137. The van der Waals surface area contributed by atoms with Crippen molar-refractivity contribution in [2.45, 2.75) is 26.2 Å². The quantitative estimate of drug-likeness (QED) is 0.670. The number of aliphatic carboxylic acids is 1. The number of methoxy groups -OCH3 is 1. The second-order valence-electron chi connectivity index (χ2n) is 6.81. The Balaban J connectivity index is 2.03. The average molecular weight is 349 g/mol. The predicted octanol–water partition coefficient (Wildman–Crippen LogP) is 5.12. The van der Waals surface area contributed by atoms with Gasteiger partial charge in [0.15, 0.2) is 0 Å². The normalized spacial score (nSPS) is 12.3. The minimum atomic E-state index is -0.815. The van der Waals surface area contributed by atoms with Gasteiger partial charge in [-0.15, -0.1) is 0 Å². The third kappa shape index (κ3) is 3.69. The first kappa shape index (κ1) is 17.9. The number of fused-ring (bicyclic) bond motifs is 1. The molecule has 1 N–H and O–H groups in total. The molecule has 0 amide bonds. The molecule has 0 spiro atoms. The van der Waals surface area contributed by atoms with E-state index >= 15 is 0 Å². The Labute approximate surface area is 153 Å². The Morgan fingerprint density at radius 3 is 2.46 bits per heavy atom. The third-order valence-corrected chi connectivity index (χ3v) is 4.73. The number of pyridine rings is 1. The van der Waals surface area contributed by atoms with Crippen LogP contribution in [0.4, 0.5) is 0 Å². The second-order valence-corrected chi connectivity index (χ2v) is 6.81. The van der Waals surface area contributed by atoms with Gasteiger partial charge in [-0.3, -0.25) is 4.79 Å². The van der Waals surface area contributed by atoms with Gasteiger partial charge in [-0.25, -0.2) is 4.98 Å². The molecule has 0 saturated carbocycles. The Bertz CT molecular complexity index is 934. The molecule has 0 radical (unpaired) electrons. The molecule has 26 heavy (non-hydrogen) atoms. The lowest BCUT2D eigenvalue weighted by atomic mass is 9.86. The first-order valence-corrected chi connectivity index (χ1v) is 8.75. The number of benzene rings is 2. The Morgan fingerprint density at radius 2 is 1.81 bits per heavy atom. The molecule has 1 aromatic heterocycles. The lowest BCUT2D eigenvalue weighted by Gasteiger charge is -2.21. The Hall–Kier alpha value is -2.88. The molecule has 1 heterocycles. The number of carbonyl (C=O) groups is 1. The summed E-state index contributed by atoms with van der Waals surface area (Å²) in [6.45, 7) is 4.04. The number of hydrogen-bond acceptors (Lipinski definition) is 3. The van der Waals surface area contributed by atoms with Crippen LogP contribution in [0.25, 0.3) is 22.0 Å². The number of carboxylic acid groups (broad SMARTS) is 1. The number of ether oxygens (including phenoxy) is 1. The highest BCUT2D eigenvalue weighted by molar-refractivity contribution is 5.86. The summed E-state index contributed by atoms with van der Waals surface area (Å²) in [7, 11) is 1.58. The van der Waals surface area contributed by atoms with Gasteiger partial charge in [-0.2, -0.15) is 0 Å². The Morgan fingerprint density at radius 1 is 1.08 bits per heavy atom. The molecule has 134 valence electrons. The molecule has 2 aromatic carbocycles. The van der Waals surface area contributed by atoms with Crippen molar-refractivity contribution in [3.05, 3.63) is 60.2 Å². The maximum atomic E-state index is 11.2. The van der Waals surface area contributed by atoms with Crippen LogP contribution in [0, 0.1) is 5.92 Å². The number of aromatic nitrogens is 1. The fraction of sp³-hybridized carbons (Fsp3) is 0.273. The summed E-state index contributed by atoms with van der Waals surface area (Å²) in [5.74, 6) is -0.283. The summed E-state index contributed by atoms with van der Waals surface area (Å²) in [4.78, 5) is 15.9. The minimum absolute atomic E-state index is 0.0605. The highest BCUT2D eigenvalue weighted by Crippen LogP contribution is 2.35. The van der Waals surface area contributed by atoms with Crippen molar-refractivity contribution in [3.63, 3.8) is 0 Å². The van der Waals surface area contributed by atoms with Gasteiger partial charge < -0.3 is 9.84 Å². The first-order chi connectivity index (χ1) is 12.5. The maximum absolute atomic E-state index is 11.2. The summed E-state index contributed by atoms with van der Waals surface area (Å²) >= 11 is 0. The molecule has 4 nitrogen and oxygen atoms in total. The lowest BCUT2D eigenvalue weighted by Crippen LogP contribution is -2.14. The highest BCUT2D eigenvalue weighted by atomic mass is 16.5. The smallest absolute Gasteiger partial charge is 0.303 e. The van der Waals surface area contributed by atoms with Crippen LogP contribution >= 0.6 is 0 Å². The van der Waals surface area contributed by atoms with E-state index in [2.05, 4.69) is 29.2 Å². The van der Waals surface area contributed by atoms with Gasteiger partial charge in [0.25, 0.3) is 0 Å². The topological polar surface area (TPSA) is 59.4 Å². The number of hydrogen-bond donors (Lipinski definition) is 1. The minimum Gasteiger partial charge on any atom is -0.481 e. The van der Waals surface area contributed by atoms with Gasteiger partial charge in [0, 0.05) is 17.0 Å². The van der Waals surface area contributed by atoms with E-state index in [0.29, 0.717) is 5.88 Å². The number of nitrogens with zero attached hydrogens (tertiary/aromatic N) is 1. The molecule has 0 aliphatic rings. The zero-order valence-electron chi connectivity index (χ0n) is 15.3. The molecule has 0 bridgehead atoms. The van der Waals surface area contributed by atoms with E-state index in [1.807, 2.05) is 44.2 Å². The van der Waals surface area contributed by atoms with Crippen LogP contribution < -0.4 is 4.74 Å². The van der Waals surface area contributed by atoms with Crippen LogP contribution in [0.2, 0.25) is 0 Å². The van der Waals surface area contributed by atoms with Gasteiger partial charge in [0.1, 0.15) is 0 Å². The van der Waals surface area contributed by atoms with E-state index in [0.717, 1.165) is 22.2 Å². The van der Waals surface area contributed by atoms with E-state index < -0.39 is 5.97 Å². The zero-order valence-corrected chi connectivity index (χ0v) is 15.3. The maximum Gasteiger partial charge on any atom is 0.303 e. The number of carboxylic acids is 1. The van der Waals surface area contributed by atoms with E-state index in [-0.39, 0.29) is 18.3 Å². The first-order valence-electron chi connectivity index (χ1n) is 8.75. The standard InChI is InChI=1S/C22H23NO3/c1-14(2)19(13-21(24)25)18-10-11-20(23-22(18)26-3)17-9-8-15-6-4-5-7-16(15)12-17/h4-12,14,19H,13H2,1-3H3,(H,24,25). The van der Waals surface area contributed by atoms with Crippen LogP contribution in [0.5, 0.6) is 5.88 Å². The molecular formula is C22H23NO3. The molecular weight excluding hydrogens is 326 g/mol. The average Bonchev–Trinajstić information content (AvgIpc) is 2.65. The summed E-state index contributed by atoms with van der Waals surface area (Å²) in [6.07, 6.45) is 0.0605. The van der Waals surface area contributed by atoms with Gasteiger partial charge >= 0.3 is 5.97 Å². The molecule has 0 aliphatic carbocycles. The summed E-state index contributed by atoms with van der Waals surface area (Å²) < 4.78 is 5.50. The van der Waals surface area contributed by atoms with Gasteiger partial charge in [-0.1, -0.05) is 56.3 Å². The zero-order chi connectivity index (χ0) is 18.7. The van der Waals surface area contributed by atoms with Crippen LogP contribution in [0.15, 0.2) is 54.6 Å². The number of rotatable bonds is 6.